The maximum Gasteiger partial charge on any atom is 0.282 e. The Morgan fingerprint density at radius 1 is 1.53 bits per heavy atom. The number of hydrogen-bond donors (Lipinski definition) is 2. The minimum absolute atomic E-state index is 0.0193. The summed E-state index contributed by atoms with van der Waals surface area (Å²) in [6.07, 6.45) is 0. The molecule has 0 aliphatic heterocycles. The molecule has 0 amide bonds. The molecule has 6 heteroatoms. The molecule has 90 valence electrons. The van der Waals surface area contributed by atoms with Crippen molar-refractivity contribution < 1.29 is 5.11 Å². The van der Waals surface area contributed by atoms with Gasteiger partial charge in [-0.3, -0.25) is 4.79 Å². The first-order chi connectivity index (χ1) is 8.13. The van der Waals surface area contributed by atoms with Crippen LogP contribution in [0.4, 0.5) is 5.95 Å². The number of hydrogen-bond acceptors (Lipinski definition) is 4. The Kier molecular flexibility index (Phi) is 3.31. The molecule has 0 unspecified atom stereocenters. The van der Waals surface area contributed by atoms with Gasteiger partial charge in [-0.1, -0.05) is 11.6 Å². The maximum atomic E-state index is 11.8. The molecule has 2 N–H and O–H groups in total. The summed E-state index contributed by atoms with van der Waals surface area (Å²) in [6, 6.07) is 5.09. The molecule has 0 aliphatic carbocycles. The second-order valence-corrected chi connectivity index (χ2v) is 4.05. The number of halogens is 1. The van der Waals surface area contributed by atoms with E-state index >= 15 is 0 Å². The average Bonchev–Trinajstić information content (AvgIpc) is 2.32. The van der Waals surface area contributed by atoms with Gasteiger partial charge in [0.05, 0.1) is 17.5 Å². The van der Waals surface area contributed by atoms with Gasteiger partial charge < -0.3 is 15.0 Å². The van der Waals surface area contributed by atoms with Gasteiger partial charge in [0.15, 0.2) is 0 Å². The first kappa shape index (κ1) is 11.9. The van der Waals surface area contributed by atoms with Crippen LogP contribution >= 0.6 is 11.6 Å². The summed E-state index contributed by atoms with van der Waals surface area (Å²) in [4.78, 5) is 15.7. The van der Waals surface area contributed by atoms with Crippen molar-refractivity contribution in [2.75, 3.05) is 18.5 Å². The van der Waals surface area contributed by atoms with Crippen LogP contribution in [0.2, 0.25) is 5.02 Å². The quantitative estimate of drug-likeness (QED) is 0.856. The molecule has 2 aromatic rings. The van der Waals surface area contributed by atoms with Crippen molar-refractivity contribution in [3.05, 3.63) is 33.6 Å². The zero-order valence-electron chi connectivity index (χ0n) is 9.27. The van der Waals surface area contributed by atoms with Gasteiger partial charge in [-0.15, -0.1) is 0 Å². The molecule has 0 saturated heterocycles. The molecular formula is C11H12ClN3O2. The summed E-state index contributed by atoms with van der Waals surface area (Å²) < 4.78 is 1.75. The van der Waals surface area contributed by atoms with Crippen LogP contribution in [0.1, 0.15) is 0 Å². The van der Waals surface area contributed by atoms with Gasteiger partial charge in [-0.05, 0) is 18.2 Å². The molecule has 0 atom stereocenters. The molecule has 0 radical (unpaired) electrons. The van der Waals surface area contributed by atoms with Gasteiger partial charge in [0.1, 0.15) is 0 Å². The van der Waals surface area contributed by atoms with Crippen molar-refractivity contribution in [1.82, 2.24) is 9.55 Å². The smallest absolute Gasteiger partial charge is 0.282 e. The lowest BCUT2D eigenvalue weighted by atomic mass is 10.2. The van der Waals surface area contributed by atoms with E-state index < -0.39 is 0 Å². The Labute approximate surface area is 103 Å². The molecule has 1 aromatic heterocycles. The lowest BCUT2D eigenvalue weighted by Gasteiger charge is -2.11. The molecule has 0 aliphatic rings. The highest BCUT2D eigenvalue weighted by atomic mass is 35.5. The van der Waals surface area contributed by atoms with Crippen LogP contribution in [-0.2, 0) is 7.05 Å². The molecule has 1 heterocycles. The van der Waals surface area contributed by atoms with E-state index in [-0.39, 0.29) is 12.2 Å². The molecule has 0 fully saturated rings. The van der Waals surface area contributed by atoms with Gasteiger partial charge in [0, 0.05) is 18.6 Å². The van der Waals surface area contributed by atoms with Crippen molar-refractivity contribution in [2.45, 2.75) is 0 Å². The number of benzene rings is 1. The number of aryl methyl sites for hydroxylation is 1. The van der Waals surface area contributed by atoms with E-state index in [0.29, 0.717) is 22.9 Å². The number of nitrogens with zero attached hydrogens (tertiary/aromatic N) is 2. The number of fused-ring (bicyclic) bond motifs is 1. The van der Waals surface area contributed by atoms with Gasteiger partial charge in [0.2, 0.25) is 5.95 Å². The number of anilines is 1. The monoisotopic (exact) mass is 253 g/mol. The average molecular weight is 254 g/mol. The molecule has 0 spiro atoms. The summed E-state index contributed by atoms with van der Waals surface area (Å²) >= 11 is 5.84. The molecule has 0 saturated carbocycles. The van der Waals surface area contributed by atoms with Crippen molar-refractivity contribution in [2.24, 2.45) is 7.05 Å². The first-order valence-corrected chi connectivity index (χ1v) is 5.52. The number of rotatable bonds is 3. The van der Waals surface area contributed by atoms with Crippen LogP contribution in [0, 0.1) is 0 Å². The van der Waals surface area contributed by atoms with Crippen LogP contribution in [0.15, 0.2) is 23.0 Å². The van der Waals surface area contributed by atoms with E-state index in [4.69, 9.17) is 16.7 Å². The Morgan fingerprint density at radius 3 is 3.00 bits per heavy atom. The summed E-state index contributed by atoms with van der Waals surface area (Å²) in [5.74, 6) is 0.430. The molecule has 1 aromatic carbocycles. The van der Waals surface area contributed by atoms with Crippen molar-refractivity contribution in [3.8, 4) is 0 Å². The Morgan fingerprint density at radius 2 is 2.29 bits per heavy atom. The number of nitrogens with one attached hydrogen (secondary N) is 1. The van der Waals surface area contributed by atoms with Gasteiger partial charge in [-0.25, -0.2) is 0 Å². The predicted molar refractivity (Wildman–Crippen MR) is 67.6 cm³/mol. The van der Waals surface area contributed by atoms with E-state index in [1.165, 1.54) is 0 Å². The second kappa shape index (κ2) is 4.73. The fourth-order valence-corrected chi connectivity index (χ4v) is 1.82. The van der Waals surface area contributed by atoms with Crippen molar-refractivity contribution in [1.29, 1.82) is 0 Å². The van der Waals surface area contributed by atoms with Gasteiger partial charge >= 0.3 is 0 Å². The fourth-order valence-electron chi connectivity index (χ4n) is 1.64. The minimum Gasteiger partial charge on any atom is -0.395 e. The Balaban J connectivity index is 2.64. The number of aromatic nitrogens is 2. The second-order valence-electron chi connectivity index (χ2n) is 3.61. The zero-order chi connectivity index (χ0) is 12.4. The normalized spacial score (nSPS) is 10.8. The zero-order valence-corrected chi connectivity index (χ0v) is 10.0. The fraction of sp³-hybridized carbons (Fsp3) is 0.273. The van der Waals surface area contributed by atoms with Crippen LogP contribution < -0.4 is 10.9 Å². The first-order valence-electron chi connectivity index (χ1n) is 5.14. The molecule has 2 rings (SSSR count). The Hall–Kier alpha value is -1.59. The third-order valence-electron chi connectivity index (χ3n) is 2.47. The Bertz CT molecular complexity index is 609. The number of aliphatic hydroxyl groups is 1. The van der Waals surface area contributed by atoms with E-state index in [9.17, 15) is 4.79 Å². The molecule has 0 bridgehead atoms. The minimum atomic E-state index is -0.332. The van der Waals surface area contributed by atoms with E-state index in [1.54, 1.807) is 29.8 Å². The highest BCUT2D eigenvalue weighted by Gasteiger charge is 2.07. The largest absolute Gasteiger partial charge is 0.395 e. The SMILES string of the molecule is Cn1c(NCCO)nc(=O)c2cc(Cl)ccc21. The number of aliphatic hydroxyl groups excluding tert-OH is 1. The summed E-state index contributed by atoms with van der Waals surface area (Å²) in [6.45, 7) is 0.327. The van der Waals surface area contributed by atoms with Gasteiger partial charge in [0.25, 0.3) is 5.56 Å². The predicted octanol–water partition coefficient (Wildman–Crippen LogP) is 0.991. The van der Waals surface area contributed by atoms with Gasteiger partial charge in [-0.2, -0.15) is 4.98 Å². The maximum absolute atomic E-state index is 11.8. The topological polar surface area (TPSA) is 67.2 Å². The highest BCUT2D eigenvalue weighted by molar-refractivity contribution is 6.31. The summed E-state index contributed by atoms with van der Waals surface area (Å²) in [7, 11) is 1.79. The standard InChI is InChI=1S/C11H12ClN3O2/c1-15-9-3-2-7(12)6-8(9)10(17)14-11(15)13-4-5-16/h2-3,6,16H,4-5H2,1H3,(H,13,14,17). The molecular weight excluding hydrogens is 242 g/mol. The molecule has 17 heavy (non-hydrogen) atoms. The lowest BCUT2D eigenvalue weighted by molar-refractivity contribution is 0.310. The molecule has 5 nitrogen and oxygen atoms in total. The third kappa shape index (κ3) is 2.25. The van der Waals surface area contributed by atoms with E-state index in [0.717, 1.165) is 5.52 Å². The van der Waals surface area contributed by atoms with Crippen LogP contribution in [0.5, 0.6) is 0 Å². The van der Waals surface area contributed by atoms with Crippen LogP contribution in [-0.4, -0.2) is 27.8 Å². The van der Waals surface area contributed by atoms with Crippen molar-refractivity contribution in [3.63, 3.8) is 0 Å². The summed E-state index contributed by atoms with van der Waals surface area (Å²) in [5, 5.41) is 12.6. The van der Waals surface area contributed by atoms with Crippen LogP contribution in [0.25, 0.3) is 10.9 Å². The third-order valence-corrected chi connectivity index (χ3v) is 2.71. The lowest BCUT2D eigenvalue weighted by Crippen LogP contribution is -2.19. The van der Waals surface area contributed by atoms with Crippen LogP contribution in [0.3, 0.4) is 0 Å². The van der Waals surface area contributed by atoms with E-state index in [2.05, 4.69) is 10.3 Å². The highest BCUT2D eigenvalue weighted by Crippen LogP contribution is 2.17. The summed E-state index contributed by atoms with van der Waals surface area (Å²) in [5.41, 5.74) is 0.413. The van der Waals surface area contributed by atoms with E-state index in [1.807, 2.05) is 0 Å². The van der Waals surface area contributed by atoms with Crippen molar-refractivity contribution >= 4 is 28.5 Å².